The largest absolute Gasteiger partial charge is 0.466 e. The molecule has 1 saturated heterocycles. The van der Waals surface area contributed by atoms with E-state index in [0.717, 1.165) is 22.9 Å². The van der Waals surface area contributed by atoms with Crippen molar-refractivity contribution in [2.24, 2.45) is 5.92 Å². The maximum Gasteiger partial charge on any atom is 0.308 e. The predicted octanol–water partition coefficient (Wildman–Crippen LogP) is 7.31. The van der Waals surface area contributed by atoms with E-state index in [9.17, 15) is 14.4 Å². The zero-order valence-corrected chi connectivity index (χ0v) is 27.9. The first-order chi connectivity index (χ1) is 22.3. The summed E-state index contributed by atoms with van der Waals surface area (Å²) in [7, 11) is 0. The molecule has 12 heteroatoms. The molecule has 1 saturated carbocycles. The van der Waals surface area contributed by atoms with E-state index in [2.05, 4.69) is 15.2 Å². The van der Waals surface area contributed by atoms with E-state index in [-0.39, 0.29) is 41.1 Å². The Kier molecular flexibility index (Phi) is 10.1. The Morgan fingerprint density at radius 3 is 2.54 bits per heavy atom. The van der Waals surface area contributed by atoms with Crippen LogP contribution in [0.2, 0.25) is 10.0 Å². The predicted molar refractivity (Wildman–Crippen MR) is 179 cm³/mol. The molecule has 0 radical (unpaired) electrons. The molecule has 46 heavy (non-hydrogen) atoms. The second-order valence-corrected chi connectivity index (χ2v) is 13.5. The van der Waals surface area contributed by atoms with Gasteiger partial charge in [-0.15, -0.1) is 11.3 Å². The van der Waals surface area contributed by atoms with Gasteiger partial charge in [-0.1, -0.05) is 41.4 Å². The Morgan fingerprint density at radius 2 is 1.83 bits per heavy atom. The maximum absolute atomic E-state index is 14.6. The zero-order chi connectivity index (χ0) is 32.3. The summed E-state index contributed by atoms with van der Waals surface area (Å²) in [6.45, 7) is 3.52. The van der Waals surface area contributed by atoms with Gasteiger partial charge in [-0.3, -0.25) is 23.9 Å². The molecule has 0 bridgehead atoms. The number of fused-ring (bicyclic) bond motifs is 1. The van der Waals surface area contributed by atoms with Crippen molar-refractivity contribution < 1.29 is 23.9 Å². The van der Waals surface area contributed by atoms with Gasteiger partial charge in [0.25, 0.3) is 11.8 Å². The van der Waals surface area contributed by atoms with E-state index in [1.165, 1.54) is 11.3 Å². The van der Waals surface area contributed by atoms with Crippen LogP contribution in [0, 0.1) is 5.92 Å². The minimum absolute atomic E-state index is 0.0607. The Hall–Kier alpha value is -3.28. The molecular weight excluding hydrogens is 647 g/mol. The summed E-state index contributed by atoms with van der Waals surface area (Å²) in [4.78, 5) is 46.5. The molecule has 1 atom stereocenters. The monoisotopic (exact) mass is 682 g/mol. The van der Waals surface area contributed by atoms with Gasteiger partial charge in [0.05, 0.1) is 41.2 Å². The summed E-state index contributed by atoms with van der Waals surface area (Å²) in [6, 6.07) is 10.9. The van der Waals surface area contributed by atoms with Crippen molar-refractivity contribution in [3.8, 4) is 0 Å². The fourth-order valence-corrected chi connectivity index (χ4v) is 7.91. The van der Waals surface area contributed by atoms with Crippen molar-refractivity contribution in [3.63, 3.8) is 0 Å². The number of imidazole rings is 1. The Balaban J connectivity index is 1.24. The zero-order valence-electron chi connectivity index (χ0n) is 25.5. The number of ether oxygens (including phenoxy) is 2. The van der Waals surface area contributed by atoms with Crippen molar-refractivity contribution in [1.82, 2.24) is 14.5 Å². The second-order valence-electron chi connectivity index (χ2n) is 11.7. The SMILES string of the molecule is CCOC(=O)[C@H]1CC[C@H](OC(C(=O)Cc2cc(Cl)c(NC(=O)c3csc4ccccc34)cc2Cl)(N2CCCC2)n2ccnc2)CC1. The number of ketones is 1. The summed E-state index contributed by atoms with van der Waals surface area (Å²) in [6.07, 6.45) is 9.08. The quantitative estimate of drug-likeness (QED) is 0.165. The van der Waals surface area contributed by atoms with E-state index in [1.54, 1.807) is 35.4 Å². The number of Topliss-reactive ketones (excluding diaryl/α,β-unsaturated/α-hetero) is 1. The second kappa shape index (κ2) is 14.2. The van der Waals surface area contributed by atoms with Gasteiger partial charge in [-0.2, -0.15) is 0 Å². The Labute approximate surface area is 281 Å². The number of nitrogens with zero attached hydrogens (tertiary/aromatic N) is 3. The fraction of sp³-hybridized carbons (Fsp3) is 0.412. The minimum atomic E-state index is -1.45. The van der Waals surface area contributed by atoms with Gasteiger partial charge in [0, 0.05) is 52.4 Å². The molecular formula is C34H36Cl2N4O5S. The number of anilines is 1. The molecule has 4 aromatic rings. The molecule has 6 rings (SSSR count). The van der Waals surface area contributed by atoms with Crippen molar-refractivity contribution in [2.75, 3.05) is 25.0 Å². The number of benzene rings is 2. The number of carbonyl (C=O) groups excluding carboxylic acids is 3. The number of halogens is 2. The molecule has 2 aromatic heterocycles. The molecule has 242 valence electrons. The molecule has 0 spiro atoms. The molecule has 9 nitrogen and oxygen atoms in total. The highest BCUT2D eigenvalue weighted by Crippen LogP contribution is 2.38. The van der Waals surface area contributed by atoms with Crippen LogP contribution in [0.25, 0.3) is 10.1 Å². The van der Waals surface area contributed by atoms with Gasteiger partial charge in [0.1, 0.15) is 0 Å². The van der Waals surface area contributed by atoms with Crippen molar-refractivity contribution >= 4 is 68.0 Å². The number of carbonyl (C=O) groups is 3. The molecule has 2 aromatic carbocycles. The third kappa shape index (κ3) is 6.59. The summed E-state index contributed by atoms with van der Waals surface area (Å²) in [5.74, 6) is -2.29. The van der Waals surface area contributed by atoms with E-state index < -0.39 is 5.85 Å². The lowest BCUT2D eigenvalue weighted by molar-refractivity contribution is -0.233. The van der Waals surface area contributed by atoms with Gasteiger partial charge in [0.15, 0.2) is 0 Å². The molecule has 1 aliphatic heterocycles. The average molecular weight is 684 g/mol. The van der Waals surface area contributed by atoms with Crippen LogP contribution < -0.4 is 5.32 Å². The number of thiophene rings is 1. The highest BCUT2D eigenvalue weighted by atomic mass is 35.5. The number of aromatic nitrogens is 2. The third-order valence-corrected chi connectivity index (χ3v) is 10.5. The number of nitrogens with one attached hydrogen (secondary N) is 1. The molecule has 3 heterocycles. The number of hydrogen-bond donors (Lipinski definition) is 1. The minimum Gasteiger partial charge on any atom is -0.466 e. The normalized spacial score (nSPS) is 20.0. The van der Waals surface area contributed by atoms with Crippen LogP contribution in [0.1, 0.15) is 61.4 Å². The maximum atomic E-state index is 14.6. The molecule has 2 aliphatic rings. The number of likely N-dealkylation sites (tertiary alicyclic amines) is 1. The first-order valence-corrected chi connectivity index (χ1v) is 17.3. The number of hydrogen-bond acceptors (Lipinski definition) is 8. The van der Waals surface area contributed by atoms with Gasteiger partial charge < -0.3 is 14.8 Å². The smallest absolute Gasteiger partial charge is 0.308 e. The van der Waals surface area contributed by atoms with Crippen molar-refractivity contribution in [1.29, 1.82) is 0 Å². The standard InChI is InChI=1S/C34H36Cl2N4O5S/c1-2-44-33(43)22-9-11-24(12-10-22)45-34(39-14-5-6-15-39,40-16-13-37-21-40)31(41)18-23-17-28(36)29(19-27(23)35)38-32(42)26-20-46-30-8-4-3-7-25(26)30/h3-4,7-8,13,16-17,19-22,24H,2,5-6,9-12,14-15,18H2,1H3,(H,38,42)/t22-,24-,34?. The summed E-state index contributed by atoms with van der Waals surface area (Å²) < 4.78 is 14.9. The van der Waals surface area contributed by atoms with Crippen molar-refractivity contribution in [2.45, 2.75) is 63.8 Å². The van der Waals surface area contributed by atoms with Gasteiger partial charge in [-0.25, -0.2) is 4.98 Å². The summed E-state index contributed by atoms with van der Waals surface area (Å²) >= 11 is 15.0. The van der Waals surface area contributed by atoms with Crippen LogP contribution in [-0.4, -0.2) is 57.9 Å². The van der Waals surface area contributed by atoms with Gasteiger partial charge in [0.2, 0.25) is 5.78 Å². The number of rotatable bonds is 11. The van der Waals surface area contributed by atoms with Crippen LogP contribution in [-0.2, 0) is 31.3 Å². The molecule has 1 amide bonds. The lowest BCUT2D eigenvalue weighted by Crippen LogP contribution is -2.59. The topological polar surface area (TPSA) is 103 Å². The molecule has 2 fully saturated rings. The number of amides is 1. The highest BCUT2D eigenvalue weighted by molar-refractivity contribution is 7.17. The van der Waals surface area contributed by atoms with Crippen LogP contribution in [0.15, 0.2) is 60.5 Å². The van der Waals surface area contributed by atoms with E-state index in [4.69, 9.17) is 32.7 Å². The van der Waals surface area contributed by atoms with Crippen LogP contribution in [0.5, 0.6) is 0 Å². The van der Waals surface area contributed by atoms with Crippen LogP contribution >= 0.6 is 34.5 Å². The Bertz CT molecular complexity index is 1710. The summed E-state index contributed by atoms with van der Waals surface area (Å²) in [5, 5.41) is 6.14. The molecule has 1 aliphatic carbocycles. The van der Waals surface area contributed by atoms with Gasteiger partial charge >= 0.3 is 5.97 Å². The lowest BCUT2D eigenvalue weighted by Gasteiger charge is -2.44. The lowest BCUT2D eigenvalue weighted by atomic mass is 9.87. The van der Waals surface area contributed by atoms with Gasteiger partial charge in [-0.05, 0) is 69.2 Å². The first kappa shape index (κ1) is 32.7. The van der Waals surface area contributed by atoms with Crippen LogP contribution in [0.4, 0.5) is 5.69 Å². The van der Waals surface area contributed by atoms with E-state index in [0.29, 0.717) is 67.2 Å². The molecule has 1 N–H and O–H groups in total. The number of esters is 1. The molecule has 1 unspecified atom stereocenters. The van der Waals surface area contributed by atoms with Crippen LogP contribution in [0.3, 0.4) is 0 Å². The first-order valence-electron chi connectivity index (χ1n) is 15.7. The van der Waals surface area contributed by atoms with E-state index >= 15 is 0 Å². The fourth-order valence-electron chi connectivity index (χ4n) is 6.50. The Morgan fingerprint density at radius 1 is 1.07 bits per heavy atom. The highest BCUT2D eigenvalue weighted by Gasteiger charge is 2.50. The third-order valence-electron chi connectivity index (χ3n) is 8.84. The van der Waals surface area contributed by atoms with E-state index in [1.807, 2.05) is 36.6 Å². The average Bonchev–Trinajstić information content (AvgIpc) is 3.86. The van der Waals surface area contributed by atoms with Crippen molar-refractivity contribution in [3.05, 3.63) is 81.7 Å². The summed E-state index contributed by atoms with van der Waals surface area (Å²) in [5.41, 5.74) is 1.43.